The Morgan fingerprint density at radius 1 is 1.14 bits per heavy atom. The number of nitrogens with one attached hydrogen (secondary N) is 1. The molecule has 29 heavy (non-hydrogen) atoms. The minimum atomic E-state index is -1.19. The Hall–Kier alpha value is -3.04. The predicted octanol–water partition coefficient (Wildman–Crippen LogP) is 0.873. The van der Waals surface area contributed by atoms with Crippen molar-refractivity contribution in [3.05, 3.63) is 64.7 Å². The predicted molar refractivity (Wildman–Crippen MR) is 104 cm³/mol. The van der Waals surface area contributed by atoms with E-state index in [4.69, 9.17) is 17.3 Å². The molecule has 3 N–H and O–H groups in total. The summed E-state index contributed by atoms with van der Waals surface area (Å²) in [5, 5.41) is 2.83. The van der Waals surface area contributed by atoms with E-state index in [9.17, 15) is 18.8 Å². The van der Waals surface area contributed by atoms with Crippen molar-refractivity contribution in [2.24, 2.45) is 5.73 Å². The minimum absolute atomic E-state index is 0.0871. The molecule has 1 aliphatic rings. The van der Waals surface area contributed by atoms with Gasteiger partial charge in [0.05, 0.1) is 5.56 Å². The highest BCUT2D eigenvalue weighted by atomic mass is 35.5. The summed E-state index contributed by atoms with van der Waals surface area (Å²) >= 11 is 5.76. The first-order valence-electron chi connectivity index (χ1n) is 8.89. The Labute approximate surface area is 171 Å². The van der Waals surface area contributed by atoms with Gasteiger partial charge in [-0.15, -0.1) is 0 Å². The van der Waals surface area contributed by atoms with Crippen molar-refractivity contribution < 1.29 is 18.8 Å². The summed E-state index contributed by atoms with van der Waals surface area (Å²) in [6.07, 6.45) is 0.108. The lowest BCUT2D eigenvalue weighted by Crippen LogP contribution is -2.54. The van der Waals surface area contributed by atoms with Crippen molar-refractivity contribution >= 4 is 29.3 Å². The maximum atomic E-state index is 13.5. The lowest BCUT2D eigenvalue weighted by Gasteiger charge is -2.29. The molecule has 10 heteroatoms. The second-order valence-corrected chi connectivity index (χ2v) is 6.72. The van der Waals surface area contributed by atoms with Crippen LogP contribution in [0.15, 0.2) is 42.6 Å². The van der Waals surface area contributed by atoms with Gasteiger partial charge < -0.3 is 20.9 Å². The van der Waals surface area contributed by atoms with E-state index in [1.807, 2.05) is 0 Å². The first-order chi connectivity index (χ1) is 13.9. The van der Waals surface area contributed by atoms with Crippen LogP contribution < -0.4 is 11.1 Å². The summed E-state index contributed by atoms with van der Waals surface area (Å²) in [5.41, 5.74) is 5.75. The molecule has 1 saturated heterocycles. The van der Waals surface area contributed by atoms with Gasteiger partial charge in [0.2, 0.25) is 0 Å². The van der Waals surface area contributed by atoms with E-state index in [0.717, 1.165) is 6.07 Å². The highest BCUT2D eigenvalue weighted by Gasteiger charge is 2.43. The van der Waals surface area contributed by atoms with Crippen LogP contribution in [0, 0.1) is 5.82 Å². The Morgan fingerprint density at radius 2 is 1.83 bits per heavy atom. The molecule has 1 aliphatic heterocycles. The van der Waals surface area contributed by atoms with Crippen molar-refractivity contribution in [2.75, 3.05) is 26.2 Å². The number of nitrogens with two attached hydrogens (primary N) is 1. The zero-order valence-electron chi connectivity index (χ0n) is 15.3. The summed E-state index contributed by atoms with van der Waals surface area (Å²) in [7, 11) is 0. The second kappa shape index (κ2) is 8.97. The van der Waals surface area contributed by atoms with Gasteiger partial charge in [0.25, 0.3) is 17.7 Å². The molecule has 3 rings (SSSR count). The average Bonchev–Trinajstić information content (AvgIpc) is 3.16. The van der Waals surface area contributed by atoms with Gasteiger partial charge in [0.1, 0.15) is 11.0 Å². The Balaban J connectivity index is 1.90. The molecule has 152 valence electrons. The van der Waals surface area contributed by atoms with Crippen LogP contribution in [0.25, 0.3) is 0 Å². The largest absolute Gasteiger partial charge is 0.351 e. The van der Waals surface area contributed by atoms with Crippen LogP contribution in [0.1, 0.15) is 20.7 Å². The number of halogens is 2. The highest BCUT2D eigenvalue weighted by molar-refractivity contribution is 6.29. The molecule has 8 nitrogen and oxygen atoms in total. The molecule has 2 aromatic rings. The molecule has 1 atom stereocenters. The summed E-state index contributed by atoms with van der Waals surface area (Å²) in [6, 6.07) is 8.12. The van der Waals surface area contributed by atoms with E-state index in [-0.39, 0.29) is 42.5 Å². The number of rotatable bonds is 5. The van der Waals surface area contributed by atoms with Crippen molar-refractivity contribution in [2.45, 2.75) is 6.17 Å². The van der Waals surface area contributed by atoms with E-state index in [1.165, 1.54) is 46.3 Å². The van der Waals surface area contributed by atoms with Crippen molar-refractivity contribution in [1.82, 2.24) is 20.1 Å². The molecule has 1 aromatic carbocycles. The number of carbonyl (C=O) groups is 3. The highest BCUT2D eigenvalue weighted by Crippen LogP contribution is 2.21. The molecule has 0 spiro atoms. The molecule has 0 radical (unpaired) electrons. The number of carbonyl (C=O) groups excluding carboxylic acids is 3. The first-order valence-corrected chi connectivity index (χ1v) is 9.27. The zero-order valence-corrected chi connectivity index (χ0v) is 16.1. The van der Waals surface area contributed by atoms with Crippen LogP contribution in [-0.2, 0) is 4.79 Å². The lowest BCUT2D eigenvalue weighted by atomic mass is 10.2. The molecular formula is C19H19ClFN5O3. The number of aromatic nitrogens is 1. The smallest absolute Gasteiger partial charge is 0.263 e. The molecule has 0 bridgehead atoms. The second-order valence-electron chi connectivity index (χ2n) is 6.33. The quantitative estimate of drug-likeness (QED) is 0.699. The monoisotopic (exact) mass is 419 g/mol. The minimum Gasteiger partial charge on any atom is -0.351 e. The molecule has 1 unspecified atom stereocenters. The zero-order chi connectivity index (χ0) is 21.0. The molecule has 2 heterocycles. The normalized spacial score (nSPS) is 16.0. The summed E-state index contributed by atoms with van der Waals surface area (Å²) < 4.78 is 13.5. The summed E-state index contributed by atoms with van der Waals surface area (Å²) in [5.74, 6) is -2.15. The van der Waals surface area contributed by atoms with Gasteiger partial charge in [-0.05, 0) is 30.3 Å². The van der Waals surface area contributed by atoms with Gasteiger partial charge in [-0.2, -0.15) is 0 Å². The number of amides is 3. The van der Waals surface area contributed by atoms with E-state index in [1.54, 1.807) is 0 Å². The van der Waals surface area contributed by atoms with Crippen LogP contribution in [0.5, 0.6) is 0 Å². The van der Waals surface area contributed by atoms with Crippen molar-refractivity contribution in [1.29, 1.82) is 0 Å². The van der Waals surface area contributed by atoms with Crippen LogP contribution in [-0.4, -0.2) is 64.9 Å². The molecule has 3 amide bonds. The van der Waals surface area contributed by atoms with Gasteiger partial charge in [-0.1, -0.05) is 17.7 Å². The third kappa shape index (κ3) is 4.52. The summed E-state index contributed by atoms with van der Waals surface area (Å²) in [6.45, 7) is 0.624. The molecule has 1 fully saturated rings. The fourth-order valence-electron chi connectivity index (χ4n) is 3.08. The molecule has 0 saturated carbocycles. The van der Waals surface area contributed by atoms with Gasteiger partial charge in [-0.25, -0.2) is 9.37 Å². The van der Waals surface area contributed by atoms with Crippen LogP contribution in [0.4, 0.5) is 4.39 Å². The topological polar surface area (TPSA) is 109 Å². The van der Waals surface area contributed by atoms with Gasteiger partial charge in [0, 0.05) is 37.9 Å². The average molecular weight is 420 g/mol. The van der Waals surface area contributed by atoms with Crippen LogP contribution in [0.3, 0.4) is 0 Å². The molecular weight excluding hydrogens is 401 g/mol. The SMILES string of the molecule is NCCNC(=O)C1N(C(=O)c2ccc(Cl)nc2)CCN1C(=O)c1cccc(F)c1. The van der Waals surface area contributed by atoms with Crippen molar-refractivity contribution in [3.63, 3.8) is 0 Å². The fraction of sp³-hybridized carbons (Fsp3) is 0.263. The number of benzene rings is 1. The maximum absolute atomic E-state index is 13.5. The Morgan fingerprint density at radius 3 is 2.41 bits per heavy atom. The first kappa shape index (κ1) is 20.7. The third-order valence-electron chi connectivity index (χ3n) is 4.42. The van der Waals surface area contributed by atoms with E-state index in [0.29, 0.717) is 0 Å². The lowest BCUT2D eigenvalue weighted by molar-refractivity contribution is -0.128. The standard InChI is InChI=1S/C19H19ClFN5O3/c20-15-5-4-13(11-24-15)19(29)26-9-8-25(17(26)16(27)23-7-6-22)18(28)12-2-1-3-14(21)10-12/h1-5,10-11,17H,6-9,22H2,(H,23,27). The van der Waals surface area contributed by atoms with E-state index < -0.39 is 29.7 Å². The Kier molecular flexibility index (Phi) is 6.40. The number of hydrogen-bond donors (Lipinski definition) is 2. The summed E-state index contributed by atoms with van der Waals surface area (Å²) in [4.78, 5) is 45.0. The maximum Gasteiger partial charge on any atom is 0.263 e. The third-order valence-corrected chi connectivity index (χ3v) is 4.64. The van der Waals surface area contributed by atoms with E-state index >= 15 is 0 Å². The van der Waals surface area contributed by atoms with Crippen LogP contribution in [0.2, 0.25) is 5.15 Å². The Bertz CT molecular complexity index is 924. The van der Waals surface area contributed by atoms with Gasteiger partial charge in [-0.3, -0.25) is 14.4 Å². The van der Waals surface area contributed by atoms with Gasteiger partial charge >= 0.3 is 0 Å². The number of hydrogen-bond acceptors (Lipinski definition) is 5. The number of pyridine rings is 1. The number of nitrogens with zero attached hydrogens (tertiary/aromatic N) is 3. The fourth-order valence-corrected chi connectivity index (χ4v) is 3.19. The van der Waals surface area contributed by atoms with Crippen LogP contribution >= 0.6 is 11.6 Å². The molecule has 1 aromatic heterocycles. The van der Waals surface area contributed by atoms with Gasteiger partial charge in [0.15, 0.2) is 6.17 Å². The van der Waals surface area contributed by atoms with Crippen molar-refractivity contribution in [3.8, 4) is 0 Å². The molecule has 0 aliphatic carbocycles. The van der Waals surface area contributed by atoms with E-state index in [2.05, 4.69) is 10.3 Å².